The molecule has 0 bridgehead atoms. The fourth-order valence-corrected chi connectivity index (χ4v) is 5.86. The van der Waals surface area contributed by atoms with Crippen LogP contribution in [0, 0.1) is 0 Å². The summed E-state index contributed by atoms with van der Waals surface area (Å²) in [6.45, 7) is -0.344. The third-order valence-electron chi connectivity index (χ3n) is 5.65. The summed E-state index contributed by atoms with van der Waals surface area (Å²) in [5, 5.41) is 16.7. The number of hydrogen-bond donors (Lipinski definition) is 1. The van der Waals surface area contributed by atoms with Crippen LogP contribution in [-0.4, -0.2) is 36.4 Å². The highest BCUT2D eigenvalue weighted by Crippen LogP contribution is 2.27. The van der Waals surface area contributed by atoms with Crippen molar-refractivity contribution in [3.05, 3.63) is 70.4 Å². The van der Waals surface area contributed by atoms with Crippen LogP contribution in [0.5, 0.6) is 0 Å². The Hall–Kier alpha value is -2.74. The van der Waals surface area contributed by atoms with Gasteiger partial charge in [-0.25, -0.2) is 0 Å². The number of ether oxygens (including phenoxy) is 2. The van der Waals surface area contributed by atoms with Gasteiger partial charge in [-0.2, -0.15) is 0 Å². The summed E-state index contributed by atoms with van der Waals surface area (Å²) < 4.78 is 12.8. The highest BCUT2D eigenvalue weighted by atomic mass is 32.1. The molecule has 7 heteroatoms. The number of esters is 2. The highest BCUT2D eigenvalue weighted by molar-refractivity contribution is 7.17. The Morgan fingerprint density at radius 1 is 0.735 bits per heavy atom. The van der Waals surface area contributed by atoms with Crippen molar-refractivity contribution in [2.75, 3.05) is 13.2 Å². The molecule has 0 radical (unpaired) electrons. The Kier molecular flexibility index (Phi) is 8.68. The van der Waals surface area contributed by atoms with E-state index < -0.39 is 6.10 Å². The van der Waals surface area contributed by atoms with Gasteiger partial charge in [0, 0.05) is 22.2 Å². The molecule has 0 saturated heterocycles. The quantitative estimate of drug-likeness (QED) is 0.247. The van der Waals surface area contributed by atoms with Gasteiger partial charge in [0.05, 0.1) is 0 Å². The van der Waals surface area contributed by atoms with Gasteiger partial charge >= 0.3 is 11.9 Å². The Morgan fingerprint density at radius 2 is 1.18 bits per heavy atom. The van der Waals surface area contributed by atoms with E-state index in [0.29, 0.717) is 12.8 Å². The molecule has 2 heterocycles. The van der Waals surface area contributed by atoms with E-state index in [2.05, 4.69) is 35.0 Å². The molecular formula is C27H28O5S2. The van der Waals surface area contributed by atoms with Gasteiger partial charge in [-0.1, -0.05) is 36.4 Å². The Bertz CT molecular complexity index is 1150. The van der Waals surface area contributed by atoms with Gasteiger partial charge in [0.2, 0.25) is 0 Å². The van der Waals surface area contributed by atoms with E-state index in [9.17, 15) is 14.7 Å². The highest BCUT2D eigenvalue weighted by Gasteiger charge is 2.13. The van der Waals surface area contributed by atoms with Crippen molar-refractivity contribution in [2.24, 2.45) is 0 Å². The van der Waals surface area contributed by atoms with E-state index in [1.54, 1.807) is 22.7 Å². The number of rotatable bonds is 12. The first kappa shape index (κ1) is 24.4. The normalized spacial score (nSPS) is 11.4. The SMILES string of the molecule is O=C(CCCc1csc2ccccc12)OCC(O)COC(=O)CCCc1csc2ccccc12. The summed E-state index contributed by atoms with van der Waals surface area (Å²) in [4.78, 5) is 24.0. The molecule has 178 valence electrons. The van der Waals surface area contributed by atoms with Gasteiger partial charge in [0.1, 0.15) is 19.3 Å². The number of thiophene rings is 2. The van der Waals surface area contributed by atoms with Gasteiger partial charge in [-0.05, 0) is 70.5 Å². The van der Waals surface area contributed by atoms with E-state index in [4.69, 9.17) is 9.47 Å². The maximum Gasteiger partial charge on any atom is 0.305 e. The molecule has 2 aromatic carbocycles. The zero-order valence-electron chi connectivity index (χ0n) is 18.9. The van der Waals surface area contributed by atoms with Crippen LogP contribution in [-0.2, 0) is 31.9 Å². The van der Waals surface area contributed by atoms with E-state index in [1.165, 1.54) is 31.3 Å². The molecule has 0 unspecified atom stereocenters. The maximum atomic E-state index is 12.0. The van der Waals surface area contributed by atoms with Crippen LogP contribution >= 0.6 is 22.7 Å². The molecule has 0 atom stereocenters. The summed E-state index contributed by atoms with van der Waals surface area (Å²) in [7, 11) is 0. The van der Waals surface area contributed by atoms with Crippen LogP contribution < -0.4 is 0 Å². The lowest BCUT2D eigenvalue weighted by molar-refractivity contribution is -0.152. The number of aryl methyl sites for hydroxylation is 2. The second kappa shape index (κ2) is 12.1. The van der Waals surface area contributed by atoms with Crippen molar-refractivity contribution in [2.45, 2.75) is 44.6 Å². The molecule has 0 aliphatic heterocycles. The third-order valence-corrected chi connectivity index (χ3v) is 7.67. The summed E-state index contributed by atoms with van der Waals surface area (Å²) >= 11 is 3.42. The first-order valence-electron chi connectivity index (χ1n) is 11.5. The van der Waals surface area contributed by atoms with Gasteiger partial charge in [0.15, 0.2) is 0 Å². The monoisotopic (exact) mass is 496 g/mol. The predicted molar refractivity (Wildman–Crippen MR) is 137 cm³/mol. The van der Waals surface area contributed by atoms with Crippen LogP contribution in [0.25, 0.3) is 20.2 Å². The summed E-state index contributed by atoms with van der Waals surface area (Å²) in [5.74, 6) is -0.708. The molecule has 34 heavy (non-hydrogen) atoms. The maximum absolute atomic E-state index is 12.0. The number of aliphatic hydroxyl groups excluding tert-OH is 1. The van der Waals surface area contributed by atoms with Gasteiger partial charge in [0.25, 0.3) is 0 Å². The number of benzene rings is 2. The van der Waals surface area contributed by atoms with Crippen LogP contribution in [0.1, 0.15) is 36.8 Å². The molecule has 2 aromatic heterocycles. The van der Waals surface area contributed by atoms with E-state index in [1.807, 2.05) is 24.3 Å². The van der Waals surface area contributed by atoms with Crippen LogP contribution in [0.15, 0.2) is 59.3 Å². The van der Waals surface area contributed by atoms with E-state index in [-0.39, 0.29) is 38.0 Å². The summed E-state index contributed by atoms with van der Waals surface area (Å²) in [6, 6.07) is 16.5. The van der Waals surface area contributed by atoms with Crippen molar-refractivity contribution in [3.8, 4) is 0 Å². The standard InChI is InChI=1S/C27H28O5S2/c28-21(15-31-26(29)13-5-7-19-17-33-24-11-3-1-9-22(19)24)16-32-27(30)14-6-8-20-18-34-25-12-4-2-10-23(20)25/h1-4,9-12,17-18,21,28H,5-8,13-16H2. The third kappa shape index (κ3) is 6.65. The van der Waals surface area contributed by atoms with Gasteiger partial charge in [-0.3, -0.25) is 9.59 Å². The summed E-state index contributed by atoms with van der Waals surface area (Å²) in [6.07, 6.45) is 2.53. The number of aliphatic hydroxyl groups is 1. The van der Waals surface area contributed by atoms with Gasteiger partial charge in [-0.15, -0.1) is 22.7 Å². The molecule has 4 rings (SSSR count). The van der Waals surface area contributed by atoms with Crippen LogP contribution in [0.3, 0.4) is 0 Å². The Labute approximate surface area is 206 Å². The fourth-order valence-electron chi connectivity index (χ4n) is 3.87. The minimum absolute atomic E-state index is 0.172. The first-order chi connectivity index (χ1) is 16.6. The molecule has 0 aliphatic rings. The largest absolute Gasteiger partial charge is 0.463 e. The molecule has 0 amide bonds. The lowest BCUT2D eigenvalue weighted by Gasteiger charge is -2.12. The predicted octanol–water partition coefficient (Wildman–Crippen LogP) is 5.91. The Morgan fingerprint density at radius 3 is 1.65 bits per heavy atom. The minimum atomic E-state index is -1.02. The number of carbonyl (C=O) groups is 2. The zero-order valence-corrected chi connectivity index (χ0v) is 20.5. The van der Waals surface area contributed by atoms with Crippen molar-refractivity contribution < 1.29 is 24.2 Å². The topological polar surface area (TPSA) is 72.8 Å². The lowest BCUT2D eigenvalue weighted by atomic mass is 10.1. The molecule has 0 saturated carbocycles. The Balaban J connectivity index is 1.07. The molecule has 1 N–H and O–H groups in total. The average molecular weight is 497 g/mol. The lowest BCUT2D eigenvalue weighted by Crippen LogP contribution is -2.25. The van der Waals surface area contributed by atoms with Gasteiger partial charge < -0.3 is 14.6 Å². The van der Waals surface area contributed by atoms with Crippen molar-refractivity contribution in [3.63, 3.8) is 0 Å². The fraction of sp³-hybridized carbons (Fsp3) is 0.333. The smallest absolute Gasteiger partial charge is 0.305 e. The average Bonchev–Trinajstić information content (AvgIpc) is 3.46. The number of hydrogen-bond acceptors (Lipinski definition) is 7. The van der Waals surface area contributed by atoms with E-state index >= 15 is 0 Å². The minimum Gasteiger partial charge on any atom is -0.463 e. The molecule has 0 spiro atoms. The van der Waals surface area contributed by atoms with Crippen LogP contribution in [0.2, 0.25) is 0 Å². The molecular weight excluding hydrogens is 468 g/mol. The molecule has 5 nitrogen and oxygen atoms in total. The number of carbonyl (C=O) groups excluding carboxylic acids is 2. The van der Waals surface area contributed by atoms with Crippen LogP contribution in [0.4, 0.5) is 0 Å². The number of fused-ring (bicyclic) bond motifs is 2. The molecule has 4 aromatic rings. The van der Waals surface area contributed by atoms with Crippen molar-refractivity contribution in [1.29, 1.82) is 0 Å². The first-order valence-corrected chi connectivity index (χ1v) is 13.3. The zero-order chi connectivity index (χ0) is 23.8. The molecule has 0 fully saturated rings. The van der Waals surface area contributed by atoms with E-state index in [0.717, 1.165) is 12.8 Å². The van der Waals surface area contributed by atoms with Crippen molar-refractivity contribution in [1.82, 2.24) is 0 Å². The second-order valence-electron chi connectivity index (χ2n) is 8.24. The van der Waals surface area contributed by atoms with Crippen molar-refractivity contribution >= 4 is 54.8 Å². The second-order valence-corrected chi connectivity index (χ2v) is 10.1. The molecule has 0 aliphatic carbocycles. The summed E-state index contributed by atoms with van der Waals surface area (Å²) in [5.41, 5.74) is 2.49.